The molecule has 5 amide bonds. The van der Waals surface area contributed by atoms with Gasteiger partial charge in [0, 0.05) is 95.1 Å². The zero-order valence-corrected chi connectivity index (χ0v) is 30.2. The van der Waals surface area contributed by atoms with Gasteiger partial charge in [-0.1, -0.05) is 36.9 Å². The third-order valence-corrected chi connectivity index (χ3v) is 11.1. The van der Waals surface area contributed by atoms with Crippen LogP contribution in [0.2, 0.25) is 0 Å². The number of benzene rings is 2. The highest BCUT2D eigenvalue weighted by molar-refractivity contribution is 5.91. The van der Waals surface area contributed by atoms with Crippen LogP contribution in [-0.4, -0.2) is 142 Å². The third-order valence-electron chi connectivity index (χ3n) is 11.1. The number of nitrogens with one attached hydrogen (secondary N) is 1. The highest BCUT2D eigenvalue weighted by Crippen LogP contribution is 2.27. The third kappa shape index (κ3) is 9.28. The molecule has 3 N–H and O–H groups in total. The van der Waals surface area contributed by atoms with Gasteiger partial charge >= 0.3 is 18.1 Å². The van der Waals surface area contributed by atoms with Crippen LogP contribution in [0.3, 0.4) is 0 Å². The van der Waals surface area contributed by atoms with Gasteiger partial charge in [0.1, 0.15) is 5.75 Å². The average Bonchev–Trinajstić information content (AvgIpc) is 3.35. The largest absolute Gasteiger partial charge is 0.507 e. The van der Waals surface area contributed by atoms with E-state index < -0.39 is 18.2 Å². The molecule has 53 heavy (non-hydrogen) atoms. The first-order chi connectivity index (χ1) is 25.6. The second kappa shape index (κ2) is 17.1. The number of carbonyl (C=O) groups is 5. The molecule has 2 aromatic carbocycles. The number of carboxylic acid groups (broad SMARTS) is 1. The summed E-state index contributed by atoms with van der Waals surface area (Å²) in [6.07, 6.45) is 3.36. The number of ether oxygens (including phenoxy) is 1. The number of rotatable bonds is 10. The van der Waals surface area contributed by atoms with Crippen LogP contribution < -0.4 is 5.32 Å². The fraction of sp³-hybridized carbons (Fsp3) is 0.513. The summed E-state index contributed by atoms with van der Waals surface area (Å²) in [4.78, 5) is 73.4. The summed E-state index contributed by atoms with van der Waals surface area (Å²) in [6, 6.07) is 12.9. The predicted octanol–water partition coefficient (Wildman–Crippen LogP) is 3.64. The molecule has 4 heterocycles. The average molecular weight is 731 g/mol. The normalized spacial score (nSPS) is 19.5. The number of para-hydroxylation sites is 1. The number of aliphatic carboxylic acids is 1. The summed E-state index contributed by atoms with van der Waals surface area (Å²) in [5.41, 5.74) is 3.17. The van der Waals surface area contributed by atoms with E-state index in [0.29, 0.717) is 77.3 Å². The summed E-state index contributed by atoms with van der Waals surface area (Å²) < 4.78 is 6.02. The van der Waals surface area contributed by atoms with Crippen molar-refractivity contribution < 1.29 is 38.9 Å². The van der Waals surface area contributed by atoms with Crippen molar-refractivity contribution >= 4 is 41.7 Å². The Bertz CT molecular complexity index is 1680. The molecule has 0 bridgehead atoms. The van der Waals surface area contributed by atoms with E-state index in [1.54, 1.807) is 32.9 Å². The van der Waals surface area contributed by atoms with Crippen molar-refractivity contribution in [3.05, 3.63) is 65.7 Å². The molecule has 0 spiro atoms. The number of hydrogen-bond acceptors (Lipinski definition) is 8. The van der Waals surface area contributed by atoms with Crippen molar-refractivity contribution in [2.75, 3.05) is 64.2 Å². The molecule has 1 atom stereocenters. The Labute approximate surface area is 309 Å². The number of nitrogens with zero attached hydrogens (tertiary/aromatic N) is 5. The van der Waals surface area contributed by atoms with Gasteiger partial charge in [-0.3, -0.25) is 19.3 Å². The Hall–Kier alpha value is -5.11. The molecule has 3 saturated heterocycles. The van der Waals surface area contributed by atoms with E-state index in [0.717, 1.165) is 36.1 Å². The molecule has 4 aliphatic heterocycles. The molecule has 284 valence electrons. The molecule has 14 heteroatoms. The number of carboxylic acids is 1. The number of carbonyl (C=O) groups excluding carboxylic acids is 4. The first-order valence-corrected chi connectivity index (χ1v) is 18.7. The monoisotopic (exact) mass is 730 g/mol. The number of piperazine rings is 1. The van der Waals surface area contributed by atoms with Gasteiger partial charge < -0.3 is 39.9 Å². The Morgan fingerprint density at radius 3 is 2.23 bits per heavy atom. The number of anilines is 1. The lowest BCUT2D eigenvalue weighted by molar-refractivity contribution is -0.143. The topological polar surface area (TPSA) is 163 Å². The van der Waals surface area contributed by atoms with Gasteiger partial charge in [-0.2, -0.15) is 0 Å². The highest BCUT2D eigenvalue weighted by atomic mass is 16.6. The molecule has 2 aromatic rings. The van der Waals surface area contributed by atoms with E-state index in [9.17, 15) is 29.1 Å². The zero-order valence-electron chi connectivity index (χ0n) is 30.2. The lowest BCUT2D eigenvalue weighted by Gasteiger charge is -2.43. The van der Waals surface area contributed by atoms with Crippen LogP contribution in [0.4, 0.5) is 15.3 Å². The number of aromatic hydroxyl groups is 1. The summed E-state index contributed by atoms with van der Waals surface area (Å²) >= 11 is 0. The first-order valence-electron chi connectivity index (χ1n) is 18.7. The van der Waals surface area contributed by atoms with Crippen molar-refractivity contribution in [3.63, 3.8) is 0 Å². The SMILES string of the molecule is C=Cc1cc(C[C@@H](OC(=O)N2CCC(N3CCc4ccccc4NC3=O)CC2)C(=O)N2CCN(C3CCN(C(=O)CCC(=O)O)CC3)CC2)ccc1O. The predicted molar refractivity (Wildman–Crippen MR) is 197 cm³/mol. The molecule has 4 aliphatic rings. The van der Waals surface area contributed by atoms with Crippen molar-refractivity contribution in [1.29, 1.82) is 0 Å². The van der Waals surface area contributed by atoms with Crippen LogP contribution in [0, 0.1) is 0 Å². The maximum absolute atomic E-state index is 14.1. The van der Waals surface area contributed by atoms with Crippen LogP contribution in [-0.2, 0) is 32.0 Å². The first kappa shape index (κ1) is 37.6. The van der Waals surface area contributed by atoms with E-state index in [1.165, 1.54) is 6.08 Å². The molecule has 0 radical (unpaired) electrons. The Morgan fingerprint density at radius 2 is 1.53 bits per heavy atom. The minimum atomic E-state index is -1.08. The number of likely N-dealkylation sites (tertiary alicyclic amines) is 2. The second-order valence-corrected chi connectivity index (χ2v) is 14.3. The zero-order chi connectivity index (χ0) is 37.5. The summed E-state index contributed by atoms with van der Waals surface area (Å²) in [6.45, 7) is 8.52. The van der Waals surface area contributed by atoms with E-state index in [-0.39, 0.29) is 54.9 Å². The number of urea groups is 1. The van der Waals surface area contributed by atoms with Crippen molar-refractivity contribution in [1.82, 2.24) is 24.5 Å². The number of amides is 5. The lowest BCUT2D eigenvalue weighted by Crippen LogP contribution is -2.57. The van der Waals surface area contributed by atoms with E-state index >= 15 is 0 Å². The molecule has 6 rings (SSSR count). The molecule has 3 fully saturated rings. The van der Waals surface area contributed by atoms with Crippen LogP contribution in [0.15, 0.2) is 49.0 Å². The maximum Gasteiger partial charge on any atom is 0.410 e. The molecule has 0 saturated carbocycles. The lowest BCUT2D eigenvalue weighted by atomic mass is 10.0. The summed E-state index contributed by atoms with van der Waals surface area (Å²) in [7, 11) is 0. The number of phenolic OH excluding ortho intramolecular Hbond substituents is 1. The number of fused-ring (bicyclic) bond motifs is 1. The van der Waals surface area contributed by atoms with Gasteiger partial charge in [-0.25, -0.2) is 9.59 Å². The van der Waals surface area contributed by atoms with Crippen LogP contribution >= 0.6 is 0 Å². The van der Waals surface area contributed by atoms with Crippen LogP contribution in [0.25, 0.3) is 6.08 Å². The minimum Gasteiger partial charge on any atom is -0.507 e. The van der Waals surface area contributed by atoms with E-state index in [2.05, 4.69) is 16.8 Å². The molecule has 0 unspecified atom stereocenters. The van der Waals surface area contributed by atoms with E-state index in [1.807, 2.05) is 29.2 Å². The number of piperidine rings is 2. The van der Waals surface area contributed by atoms with Gasteiger partial charge in [0.05, 0.1) is 6.42 Å². The fourth-order valence-corrected chi connectivity index (χ4v) is 7.95. The van der Waals surface area contributed by atoms with Crippen molar-refractivity contribution in [2.24, 2.45) is 0 Å². The summed E-state index contributed by atoms with van der Waals surface area (Å²) in [5, 5.41) is 22.1. The van der Waals surface area contributed by atoms with Crippen molar-refractivity contribution in [2.45, 2.75) is 69.6 Å². The Morgan fingerprint density at radius 1 is 0.849 bits per heavy atom. The van der Waals surface area contributed by atoms with E-state index in [4.69, 9.17) is 9.84 Å². The quantitative estimate of drug-likeness (QED) is 0.331. The molecule has 14 nitrogen and oxygen atoms in total. The second-order valence-electron chi connectivity index (χ2n) is 14.3. The van der Waals surface area contributed by atoms with Crippen molar-refractivity contribution in [3.8, 4) is 5.75 Å². The highest BCUT2D eigenvalue weighted by Gasteiger charge is 2.36. The fourth-order valence-electron chi connectivity index (χ4n) is 7.95. The molecular formula is C39H50N6O8. The standard InChI is InChI=1S/C39H50N6O8/c1-2-28-25-27(7-8-33(28)46)26-34(37(50)43-23-21-41(22-24-43)30-12-16-42(17-13-30)35(47)9-10-36(48)49)53-39(52)44-18-14-31(15-19-44)45-20-11-29-5-3-4-6-32(29)40-38(45)51/h2-8,25,30-31,34,46H,1,9-24,26H2,(H,40,51)(H,48,49)/t34-/m1/s1. The smallest absolute Gasteiger partial charge is 0.410 e. The van der Waals surface area contributed by atoms with Gasteiger partial charge in [-0.15, -0.1) is 0 Å². The number of phenols is 1. The minimum absolute atomic E-state index is 0.0107. The molecular weight excluding hydrogens is 680 g/mol. The maximum atomic E-state index is 14.1. The summed E-state index contributed by atoms with van der Waals surface area (Å²) in [5.74, 6) is -1.31. The van der Waals surface area contributed by atoms with Gasteiger partial charge in [-0.05, 0) is 61.4 Å². The van der Waals surface area contributed by atoms with Gasteiger partial charge in [0.2, 0.25) is 5.91 Å². The van der Waals surface area contributed by atoms with Crippen LogP contribution in [0.1, 0.15) is 55.2 Å². The van der Waals surface area contributed by atoms with Crippen LogP contribution in [0.5, 0.6) is 5.75 Å². The van der Waals surface area contributed by atoms with Gasteiger partial charge in [0.25, 0.3) is 5.91 Å². The Kier molecular flexibility index (Phi) is 12.2. The van der Waals surface area contributed by atoms with Gasteiger partial charge in [0.15, 0.2) is 6.10 Å². The molecule has 0 aliphatic carbocycles. The Balaban J connectivity index is 1.04. The number of hydrogen-bond donors (Lipinski definition) is 3. The molecule has 0 aromatic heterocycles.